The standard InChI is InChI=1S/C20H22N4O3S/c1-2-14-5-8-16(9-6-14)21-20(28)22-19(25)15-7-10-17(18(13-15)24(26)27)23-11-3-4-12-23/h5-10,13H,2-4,11-12H2,1H3,(H2,21,22,25,28). The molecule has 1 heterocycles. The first-order chi connectivity index (χ1) is 13.5. The lowest BCUT2D eigenvalue weighted by atomic mass is 10.1. The maximum atomic E-state index is 12.5. The highest BCUT2D eigenvalue weighted by atomic mass is 32.1. The number of nitrogens with one attached hydrogen (secondary N) is 2. The van der Waals surface area contributed by atoms with Crippen LogP contribution in [0.5, 0.6) is 0 Å². The molecule has 0 radical (unpaired) electrons. The van der Waals surface area contributed by atoms with Gasteiger partial charge in [-0.1, -0.05) is 19.1 Å². The number of amides is 1. The zero-order chi connectivity index (χ0) is 20.1. The van der Waals surface area contributed by atoms with E-state index in [1.54, 1.807) is 12.1 Å². The average molecular weight is 398 g/mol. The van der Waals surface area contributed by atoms with Crippen LogP contribution in [0.2, 0.25) is 0 Å². The molecule has 2 aromatic carbocycles. The van der Waals surface area contributed by atoms with Gasteiger partial charge >= 0.3 is 0 Å². The van der Waals surface area contributed by atoms with Crippen molar-refractivity contribution in [1.29, 1.82) is 0 Å². The van der Waals surface area contributed by atoms with Crippen LogP contribution in [0.3, 0.4) is 0 Å². The average Bonchev–Trinajstić information content (AvgIpc) is 3.22. The molecule has 0 aromatic heterocycles. The summed E-state index contributed by atoms with van der Waals surface area (Å²) in [6.07, 6.45) is 2.96. The number of nitro benzene ring substituents is 1. The van der Waals surface area contributed by atoms with Gasteiger partial charge in [-0.3, -0.25) is 20.2 Å². The Morgan fingerprint density at radius 3 is 2.46 bits per heavy atom. The molecule has 28 heavy (non-hydrogen) atoms. The minimum Gasteiger partial charge on any atom is -0.366 e. The van der Waals surface area contributed by atoms with E-state index in [-0.39, 0.29) is 16.4 Å². The van der Waals surface area contributed by atoms with Gasteiger partial charge in [0.25, 0.3) is 11.6 Å². The third kappa shape index (κ3) is 4.64. The number of thiocarbonyl (C=S) groups is 1. The first-order valence-electron chi connectivity index (χ1n) is 9.22. The van der Waals surface area contributed by atoms with E-state index in [2.05, 4.69) is 17.6 Å². The summed E-state index contributed by atoms with van der Waals surface area (Å²) in [5.41, 5.74) is 2.64. The van der Waals surface area contributed by atoms with E-state index in [1.807, 2.05) is 29.2 Å². The number of benzene rings is 2. The summed E-state index contributed by atoms with van der Waals surface area (Å²) in [6, 6.07) is 12.3. The molecular weight excluding hydrogens is 376 g/mol. The molecular formula is C20H22N4O3S. The summed E-state index contributed by atoms with van der Waals surface area (Å²) < 4.78 is 0. The van der Waals surface area contributed by atoms with Crippen LogP contribution in [0.4, 0.5) is 17.1 Å². The Balaban J connectivity index is 1.69. The number of nitro groups is 1. The van der Waals surface area contributed by atoms with Crippen molar-refractivity contribution in [3.05, 3.63) is 63.7 Å². The van der Waals surface area contributed by atoms with E-state index in [1.165, 1.54) is 11.6 Å². The van der Waals surface area contributed by atoms with Crippen molar-refractivity contribution in [2.45, 2.75) is 26.2 Å². The normalized spacial score (nSPS) is 13.2. The maximum Gasteiger partial charge on any atom is 0.293 e. The number of nitrogens with zero attached hydrogens (tertiary/aromatic N) is 2. The number of carbonyl (C=O) groups excluding carboxylic acids is 1. The molecule has 3 rings (SSSR count). The minimum atomic E-state index is -0.487. The molecule has 1 aliphatic rings. The Hall–Kier alpha value is -3.00. The van der Waals surface area contributed by atoms with Gasteiger partial charge < -0.3 is 10.2 Å². The van der Waals surface area contributed by atoms with Crippen LogP contribution in [0.25, 0.3) is 0 Å². The molecule has 1 amide bonds. The van der Waals surface area contributed by atoms with Gasteiger partial charge in [0.2, 0.25) is 0 Å². The zero-order valence-corrected chi connectivity index (χ0v) is 16.4. The summed E-state index contributed by atoms with van der Waals surface area (Å²) in [5.74, 6) is -0.487. The minimum absolute atomic E-state index is 0.0661. The molecule has 0 aliphatic carbocycles. The second-order valence-corrected chi connectivity index (χ2v) is 7.02. The second kappa shape index (κ2) is 8.79. The molecule has 7 nitrogen and oxygen atoms in total. The van der Waals surface area contributed by atoms with Crippen molar-refractivity contribution < 1.29 is 9.72 Å². The van der Waals surface area contributed by atoms with E-state index >= 15 is 0 Å². The van der Waals surface area contributed by atoms with Crippen molar-refractivity contribution in [2.24, 2.45) is 0 Å². The van der Waals surface area contributed by atoms with E-state index in [0.717, 1.165) is 38.0 Å². The summed E-state index contributed by atoms with van der Waals surface area (Å²) >= 11 is 5.19. The fraction of sp³-hybridized carbons (Fsp3) is 0.300. The Kier molecular flexibility index (Phi) is 6.20. The van der Waals surface area contributed by atoms with Gasteiger partial charge in [-0.25, -0.2) is 0 Å². The van der Waals surface area contributed by atoms with Crippen LogP contribution in [0, 0.1) is 10.1 Å². The molecule has 0 bridgehead atoms. The Labute approximate surface area is 168 Å². The van der Waals surface area contributed by atoms with Crippen LogP contribution < -0.4 is 15.5 Å². The highest BCUT2D eigenvalue weighted by Crippen LogP contribution is 2.31. The van der Waals surface area contributed by atoms with Crippen LogP contribution >= 0.6 is 12.2 Å². The zero-order valence-electron chi connectivity index (χ0n) is 15.6. The number of hydrogen-bond acceptors (Lipinski definition) is 5. The van der Waals surface area contributed by atoms with Gasteiger partial charge in [0.15, 0.2) is 5.11 Å². The molecule has 1 fully saturated rings. The highest BCUT2D eigenvalue weighted by molar-refractivity contribution is 7.80. The van der Waals surface area contributed by atoms with E-state index in [9.17, 15) is 14.9 Å². The predicted octanol–water partition coefficient (Wildman–Crippen LogP) is 3.88. The molecule has 8 heteroatoms. The topological polar surface area (TPSA) is 87.5 Å². The van der Waals surface area contributed by atoms with Crippen molar-refractivity contribution >= 4 is 40.3 Å². The first kappa shape index (κ1) is 19.8. The smallest absolute Gasteiger partial charge is 0.293 e. The molecule has 0 spiro atoms. The SMILES string of the molecule is CCc1ccc(NC(=S)NC(=O)c2ccc(N3CCCC3)c([N+](=O)[O-])c2)cc1. The van der Waals surface area contributed by atoms with Crippen LogP contribution in [-0.4, -0.2) is 29.0 Å². The molecule has 2 N–H and O–H groups in total. The lowest BCUT2D eigenvalue weighted by Gasteiger charge is -2.18. The number of carbonyl (C=O) groups is 1. The second-order valence-electron chi connectivity index (χ2n) is 6.61. The third-order valence-corrected chi connectivity index (χ3v) is 4.93. The van der Waals surface area contributed by atoms with Gasteiger partial charge in [-0.05, 0) is 61.3 Å². The van der Waals surface area contributed by atoms with Crippen LogP contribution in [0.15, 0.2) is 42.5 Å². The summed E-state index contributed by atoms with van der Waals surface area (Å²) in [5, 5.41) is 17.1. The van der Waals surface area contributed by atoms with Crippen molar-refractivity contribution in [3.8, 4) is 0 Å². The Bertz CT molecular complexity index is 893. The monoisotopic (exact) mass is 398 g/mol. The lowest BCUT2D eigenvalue weighted by molar-refractivity contribution is -0.384. The number of rotatable bonds is 5. The van der Waals surface area contributed by atoms with Gasteiger partial charge in [-0.2, -0.15) is 0 Å². The summed E-state index contributed by atoms with van der Waals surface area (Å²) in [7, 11) is 0. The van der Waals surface area contributed by atoms with E-state index < -0.39 is 10.8 Å². The molecule has 0 atom stereocenters. The summed E-state index contributed by atoms with van der Waals surface area (Å²) in [6.45, 7) is 3.65. The highest BCUT2D eigenvalue weighted by Gasteiger charge is 2.24. The third-order valence-electron chi connectivity index (χ3n) is 4.73. The Morgan fingerprint density at radius 2 is 1.86 bits per heavy atom. The molecule has 0 unspecified atom stereocenters. The quantitative estimate of drug-likeness (QED) is 0.451. The number of aryl methyl sites for hydroxylation is 1. The molecule has 1 aliphatic heterocycles. The van der Waals surface area contributed by atoms with Gasteiger partial charge in [0.1, 0.15) is 5.69 Å². The molecule has 146 valence electrons. The van der Waals surface area contributed by atoms with Gasteiger partial charge in [0.05, 0.1) is 4.92 Å². The van der Waals surface area contributed by atoms with E-state index in [0.29, 0.717) is 5.69 Å². The molecule has 2 aromatic rings. The largest absolute Gasteiger partial charge is 0.366 e. The summed E-state index contributed by atoms with van der Waals surface area (Å²) in [4.78, 5) is 25.5. The lowest BCUT2D eigenvalue weighted by Crippen LogP contribution is -2.34. The Morgan fingerprint density at radius 1 is 1.18 bits per heavy atom. The fourth-order valence-corrected chi connectivity index (χ4v) is 3.41. The first-order valence-corrected chi connectivity index (χ1v) is 9.63. The fourth-order valence-electron chi connectivity index (χ4n) is 3.20. The van der Waals surface area contributed by atoms with Crippen molar-refractivity contribution in [2.75, 3.05) is 23.3 Å². The number of hydrogen-bond donors (Lipinski definition) is 2. The van der Waals surface area contributed by atoms with Gasteiger partial charge in [-0.15, -0.1) is 0 Å². The molecule has 1 saturated heterocycles. The molecule has 0 saturated carbocycles. The number of anilines is 2. The van der Waals surface area contributed by atoms with Gasteiger partial charge in [0, 0.05) is 30.4 Å². The van der Waals surface area contributed by atoms with Crippen LogP contribution in [-0.2, 0) is 6.42 Å². The van der Waals surface area contributed by atoms with E-state index in [4.69, 9.17) is 12.2 Å². The van der Waals surface area contributed by atoms with Crippen molar-refractivity contribution in [3.63, 3.8) is 0 Å². The van der Waals surface area contributed by atoms with Crippen molar-refractivity contribution in [1.82, 2.24) is 5.32 Å². The van der Waals surface area contributed by atoms with Crippen LogP contribution in [0.1, 0.15) is 35.7 Å². The maximum absolute atomic E-state index is 12.5. The predicted molar refractivity (Wildman–Crippen MR) is 114 cm³/mol.